The fraction of sp³-hybridized carbons (Fsp3) is 0.545. The van der Waals surface area contributed by atoms with E-state index in [1.807, 2.05) is 43.3 Å². The number of aryl methyl sites for hydroxylation is 1. The molecule has 3 heterocycles. The summed E-state index contributed by atoms with van der Waals surface area (Å²) in [6.45, 7) is 8.51. The van der Waals surface area contributed by atoms with Gasteiger partial charge in [-0.05, 0) is 24.6 Å². The van der Waals surface area contributed by atoms with Crippen molar-refractivity contribution in [1.29, 1.82) is 0 Å². The molecule has 0 saturated carbocycles. The molecule has 2 aliphatic heterocycles. The first-order chi connectivity index (χ1) is 15.4. The molecule has 1 aromatic carbocycles. The molecule has 2 aromatic rings. The minimum absolute atomic E-state index is 0.0365. The van der Waals surface area contributed by atoms with E-state index in [0.29, 0.717) is 32.7 Å². The van der Waals surface area contributed by atoms with Crippen molar-refractivity contribution in [3.63, 3.8) is 0 Å². The highest BCUT2D eigenvalue weighted by Crippen LogP contribution is 2.20. The van der Waals surface area contributed by atoms with Gasteiger partial charge in [0.05, 0.1) is 12.4 Å². The highest BCUT2D eigenvalue weighted by Gasteiger charge is 2.28. The van der Waals surface area contributed by atoms with Gasteiger partial charge in [0, 0.05) is 58.9 Å². The number of aliphatic hydroxyl groups excluding tert-OH is 1. The Hall–Kier alpha value is -2.27. The van der Waals surface area contributed by atoms with Crippen LogP contribution in [0.3, 0.4) is 0 Å². The highest BCUT2D eigenvalue weighted by molar-refractivity contribution is 7.88. The summed E-state index contributed by atoms with van der Waals surface area (Å²) in [6, 6.07) is 11.6. The molecule has 32 heavy (non-hydrogen) atoms. The molecule has 2 aliphatic rings. The van der Waals surface area contributed by atoms with E-state index in [9.17, 15) is 8.42 Å². The summed E-state index contributed by atoms with van der Waals surface area (Å²) in [5.74, 6) is 1.68. The molecule has 1 N–H and O–H groups in total. The third-order valence-corrected chi connectivity index (χ3v) is 7.99. The number of aliphatic hydroxyl groups is 1. The molecule has 0 amide bonds. The minimum atomic E-state index is -3.34. The Morgan fingerprint density at radius 1 is 0.875 bits per heavy atom. The van der Waals surface area contributed by atoms with Crippen LogP contribution in [0.5, 0.6) is 0 Å². The smallest absolute Gasteiger partial charge is 0.218 e. The second-order valence-corrected chi connectivity index (χ2v) is 10.4. The number of piperazine rings is 2. The Morgan fingerprint density at radius 2 is 1.47 bits per heavy atom. The number of nitrogens with zero attached hydrogens (tertiary/aromatic N) is 6. The van der Waals surface area contributed by atoms with Crippen LogP contribution < -0.4 is 9.80 Å². The van der Waals surface area contributed by atoms with Crippen molar-refractivity contribution in [3.8, 4) is 0 Å². The molecule has 174 valence electrons. The van der Waals surface area contributed by atoms with Crippen molar-refractivity contribution in [2.45, 2.75) is 12.7 Å². The van der Waals surface area contributed by atoms with Crippen LogP contribution >= 0.6 is 0 Å². The maximum Gasteiger partial charge on any atom is 0.218 e. The van der Waals surface area contributed by atoms with E-state index in [-0.39, 0.29) is 12.4 Å². The lowest BCUT2D eigenvalue weighted by Crippen LogP contribution is -2.49. The van der Waals surface area contributed by atoms with Crippen LogP contribution in [-0.2, 0) is 15.8 Å². The number of benzene rings is 1. The Balaban J connectivity index is 1.30. The van der Waals surface area contributed by atoms with Crippen molar-refractivity contribution < 1.29 is 13.5 Å². The number of hydrogen-bond donors (Lipinski definition) is 1. The lowest BCUT2D eigenvalue weighted by molar-refractivity contribution is 0.188. The van der Waals surface area contributed by atoms with Gasteiger partial charge in [-0.1, -0.05) is 29.8 Å². The minimum Gasteiger partial charge on any atom is -0.395 e. The maximum atomic E-state index is 12.8. The summed E-state index contributed by atoms with van der Waals surface area (Å²) < 4.78 is 27.3. The zero-order chi connectivity index (χ0) is 22.6. The van der Waals surface area contributed by atoms with E-state index in [0.717, 1.165) is 48.9 Å². The lowest BCUT2D eigenvalue weighted by Gasteiger charge is -2.36. The Morgan fingerprint density at radius 3 is 2.00 bits per heavy atom. The maximum absolute atomic E-state index is 12.8. The number of β-amino-alcohol motifs (C(OH)–C–C–N with tert-alkyl or cyclic N) is 1. The van der Waals surface area contributed by atoms with Gasteiger partial charge in [0.1, 0.15) is 0 Å². The fourth-order valence-electron chi connectivity index (χ4n) is 4.30. The van der Waals surface area contributed by atoms with Crippen LogP contribution in [0.25, 0.3) is 0 Å². The van der Waals surface area contributed by atoms with Gasteiger partial charge < -0.3 is 14.9 Å². The number of sulfonamides is 1. The quantitative estimate of drug-likeness (QED) is 0.641. The molecule has 0 bridgehead atoms. The van der Waals surface area contributed by atoms with Gasteiger partial charge >= 0.3 is 0 Å². The van der Waals surface area contributed by atoms with Gasteiger partial charge in [-0.15, -0.1) is 10.2 Å². The van der Waals surface area contributed by atoms with Crippen molar-refractivity contribution in [1.82, 2.24) is 19.4 Å². The number of hydrogen-bond acceptors (Lipinski definition) is 8. The van der Waals surface area contributed by atoms with Gasteiger partial charge in [0.2, 0.25) is 10.0 Å². The number of rotatable bonds is 7. The molecule has 0 unspecified atom stereocenters. The van der Waals surface area contributed by atoms with Crippen molar-refractivity contribution in [2.24, 2.45) is 0 Å². The summed E-state index contributed by atoms with van der Waals surface area (Å²) in [5.41, 5.74) is 1.89. The zero-order valence-corrected chi connectivity index (χ0v) is 19.4. The molecular weight excluding hydrogens is 428 g/mol. The SMILES string of the molecule is Cc1cccc(CS(=O)(=O)N2CCN(c3ccc(N4CCN(CCO)CC4)nn3)CC2)c1. The molecule has 0 aliphatic carbocycles. The third kappa shape index (κ3) is 5.55. The highest BCUT2D eigenvalue weighted by atomic mass is 32.2. The molecular formula is C22H32N6O3S. The Labute approximate surface area is 190 Å². The molecule has 0 radical (unpaired) electrons. The largest absolute Gasteiger partial charge is 0.395 e. The van der Waals surface area contributed by atoms with E-state index in [4.69, 9.17) is 5.11 Å². The van der Waals surface area contributed by atoms with Gasteiger partial charge in [-0.2, -0.15) is 4.31 Å². The van der Waals surface area contributed by atoms with E-state index < -0.39 is 10.0 Å². The van der Waals surface area contributed by atoms with Crippen molar-refractivity contribution in [2.75, 3.05) is 75.3 Å². The summed E-state index contributed by atoms with van der Waals surface area (Å²) in [7, 11) is -3.34. The van der Waals surface area contributed by atoms with E-state index >= 15 is 0 Å². The zero-order valence-electron chi connectivity index (χ0n) is 18.6. The molecule has 1 aromatic heterocycles. The molecule has 2 fully saturated rings. The standard InChI is InChI=1S/C22H32N6O3S/c1-19-3-2-4-20(17-19)18-32(30,31)28-13-11-27(12-14-28)22-6-5-21(23-24-22)26-9-7-25(8-10-26)15-16-29/h2-6,17,29H,7-16,18H2,1H3. The molecule has 4 rings (SSSR count). The molecule has 2 saturated heterocycles. The number of anilines is 2. The van der Waals surface area contributed by atoms with Crippen LogP contribution in [-0.4, -0.2) is 98.4 Å². The van der Waals surface area contributed by atoms with Crippen LogP contribution in [0.15, 0.2) is 36.4 Å². The Bertz CT molecular complexity index is 985. The lowest BCUT2D eigenvalue weighted by atomic mass is 10.2. The average molecular weight is 461 g/mol. The topological polar surface area (TPSA) is 93.1 Å². The summed E-state index contributed by atoms with van der Waals surface area (Å²) in [5, 5.41) is 17.9. The fourth-order valence-corrected chi connectivity index (χ4v) is 5.80. The van der Waals surface area contributed by atoms with Crippen LogP contribution in [0.1, 0.15) is 11.1 Å². The van der Waals surface area contributed by atoms with Crippen LogP contribution in [0.2, 0.25) is 0 Å². The Kier molecular flexibility index (Phi) is 7.24. The van der Waals surface area contributed by atoms with Gasteiger partial charge in [-0.25, -0.2) is 8.42 Å². The molecule has 9 nitrogen and oxygen atoms in total. The molecule has 0 atom stereocenters. The second kappa shape index (κ2) is 10.1. The summed E-state index contributed by atoms with van der Waals surface area (Å²) >= 11 is 0. The normalized spacial score (nSPS) is 18.8. The van der Waals surface area contributed by atoms with Crippen LogP contribution in [0.4, 0.5) is 11.6 Å². The van der Waals surface area contributed by atoms with Gasteiger partial charge in [-0.3, -0.25) is 4.90 Å². The molecule has 10 heteroatoms. The first-order valence-corrected chi connectivity index (χ1v) is 12.8. The van der Waals surface area contributed by atoms with Gasteiger partial charge in [0.25, 0.3) is 0 Å². The van der Waals surface area contributed by atoms with Crippen LogP contribution in [0, 0.1) is 6.92 Å². The molecule has 0 spiro atoms. The third-order valence-electron chi connectivity index (χ3n) is 6.14. The first-order valence-electron chi connectivity index (χ1n) is 11.1. The van der Waals surface area contributed by atoms with E-state index in [1.165, 1.54) is 0 Å². The average Bonchev–Trinajstić information content (AvgIpc) is 2.80. The van der Waals surface area contributed by atoms with Gasteiger partial charge in [0.15, 0.2) is 11.6 Å². The first kappa shape index (κ1) is 22.9. The second-order valence-electron chi connectivity index (χ2n) is 8.43. The van der Waals surface area contributed by atoms with Crippen molar-refractivity contribution in [3.05, 3.63) is 47.5 Å². The number of aromatic nitrogens is 2. The monoisotopic (exact) mass is 460 g/mol. The summed E-state index contributed by atoms with van der Waals surface area (Å²) in [4.78, 5) is 6.54. The van der Waals surface area contributed by atoms with Crippen molar-refractivity contribution >= 4 is 21.7 Å². The summed E-state index contributed by atoms with van der Waals surface area (Å²) in [6.07, 6.45) is 0. The van der Waals surface area contributed by atoms with E-state index in [2.05, 4.69) is 24.9 Å². The predicted octanol–water partition coefficient (Wildman–Crippen LogP) is 0.551. The van der Waals surface area contributed by atoms with E-state index in [1.54, 1.807) is 4.31 Å². The predicted molar refractivity (Wildman–Crippen MR) is 125 cm³/mol.